The van der Waals surface area contributed by atoms with Gasteiger partial charge in [0.05, 0.1) is 6.07 Å². The van der Waals surface area contributed by atoms with Gasteiger partial charge in [-0.25, -0.2) is 0 Å². The van der Waals surface area contributed by atoms with Gasteiger partial charge in [0.15, 0.2) is 0 Å². The molecule has 0 rings (SSSR count). The molecule has 0 spiro atoms. The van der Waals surface area contributed by atoms with Crippen LogP contribution in [-0.2, 0) is 4.79 Å². The van der Waals surface area contributed by atoms with Crippen LogP contribution in [0.25, 0.3) is 0 Å². The van der Waals surface area contributed by atoms with Gasteiger partial charge in [-0.05, 0) is 18.3 Å². The van der Waals surface area contributed by atoms with Crippen molar-refractivity contribution in [3.05, 3.63) is 0 Å². The van der Waals surface area contributed by atoms with Gasteiger partial charge in [0.2, 0.25) is 0 Å². The maximum absolute atomic E-state index is 11.4. The topological polar surface area (TPSA) is 40.9 Å². The molecule has 0 aromatic heterocycles. The van der Waals surface area contributed by atoms with Crippen LogP contribution < -0.4 is 0 Å². The lowest BCUT2D eigenvalue weighted by Crippen LogP contribution is -2.22. The molecule has 2 heteroatoms. The third-order valence-corrected chi connectivity index (χ3v) is 2.66. The largest absolute Gasteiger partial charge is 0.298 e. The van der Waals surface area contributed by atoms with E-state index in [1.54, 1.807) is 6.92 Å². The standard InChI is InChI=1S/C11H19NO/c1-8(7-12)10(13)6-9(2)11(3,4)5/h8-9H,6H2,1-5H3. The van der Waals surface area contributed by atoms with Crippen LogP contribution in [0, 0.1) is 28.6 Å². The second kappa shape index (κ2) is 4.41. The van der Waals surface area contributed by atoms with Crippen molar-refractivity contribution in [2.75, 3.05) is 0 Å². The van der Waals surface area contributed by atoms with Crippen LogP contribution in [-0.4, -0.2) is 5.78 Å². The van der Waals surface area contributed by atoms with Crippen LogP contribution in [0.1, 0.15) is 41.0 Å². The summed E-state index contributed by atoms with van der Waals surface area (Å²) in [5, 5.41) is 8.55. The molecule has 0 radical (unpaired) electrons. The van der Waals surface area contributed by atoms with E-state index >= 15 is 0 Å². The molecule has 0 amide bonds. The van der Waals surface area contributed by atoms with Gasteiger partial charge in [0.1, 0.15) is 11.7 Å². The quantitative estimate of drug-likeness (QED) is 0.671. The Balaban J connectivity index is 4.17. The molecule has 0 saturated carbocycles. The molecule has 2 nitrogen and oxygen atoms in total. The molecular formula is C11H19NO. The summed E-state index contributed by atoms with van der Waals surface area (Å²) in [5.74, 6) is -0.0643. The zero-order valence-electron chi connectivity index (χ0n) is 9.22. The first-order chi connectivity index (χ1) is 5.79. The lowest BCUT2D eigenvalue weighted by molar-refractivity contribution is -0.122. The molecule has 0 N–H and O–H groups in total. The molecule has 0 aliphatic rings. The summed E-state index contributed by atoms with van der Waals surface area (Å²) in [6.07, 6.45) is 0.512. The summed E-state index contributed by atoms with van der Waals surface area (Å²) in [6.45, 7) is 10.1. The SMILES string of the molecule is CC(C#N)C(=O)CC(C)C(C)(C)C. The molecule has 0 heterocycles. The second-order valence-corrected chi connectivity index (χ2v) is 4.79. The number of carbonyl (C=O) groups is 1. The van der Waals surface area contributed by atoms with E-state index in [2.05, 4.69) is 27.7 Å². The molecule has 2 unspecified atom stereocenters. The molecule has 0 aromatic carbocycles. The lowest BCUT2D eigenvalue weighted by Gasteiger charge is -2.26. The van der Waals surface area contributed by atoms with Gasteiger partial charge >= 0.3 is 0 Å². The van der Waals surface area contributed by atoms with Crippen LogP contribution in [0.2, 0.25) is 0 Å². The Hall–Kier alpha value is -0.840. The van der Waals surface area contributed by atoms with Crippen molar-refractivity contribution in [3.8, 4) is 6.07 Å². The van der Waals surface area contributed by atoms with E-state index in [0.29, 0.717) is 12.3 Å². The third-order valence-electron chi connectivity index (χ3n) is 2.66. The van der Waals surface area contributed by atoms with Gasteiger partial charge in [-0.1, -0.05) is 27.7 Å². The fraction of sp³-hybridized carbons (Fsp3) is 0.818. The van der Waals surface area contributed by atoms with Crippen molar-refractivity contribution < 1.29 is 4.79 Å². The minimum Gasteiger partial charge on any atom is -0.298 e. The van der Waals surface area contributed by atoms with Crippen molar-refractivity contribution in [1.29, 1.82) is 5.26 Å². The highest BCUT2D eigenvalue weighted by molar-refractivity contribution is 5.83. The first kappa shape index (κ1) is 12.2. The molecule has 74 valence electrons. The molecule has 0 fully saturated rings. The Bertz CT molecular complexity index is 219. The molecule has 0 bridgehead atoms. The van der Waals surface area contributed by atoms with Crippen molar-refractivity contribution in [2.24, 2.45) is 17.3 Å². The summed E-state index contributed by atoms with van der Waals surface area (Å²) in [5.41, 5.74) is 0.144. The number of hydrogen-bond acceptors (Lipinski definition) is 2. The first-order valence-electron chi connectivity index (χ1n) is 4.71. The van der Waals surface area contributed by atoms with E-state index in [0.717, 1.165) is 0 Å². The maximum Gasteiger partial charge on any atom is 0.149 e. The van der Waals surface area contributed by atoms with Crippen molar-refractivity contribution in [1.82, 2.24) is 0 Å². The monoisotopic (exact) mass is 181 g/mol. The highest BCUT2D eigenvalue weighted by Crippen LogP contribution is 2.28. The van der Waals surface area contributed by atoms with Gasteiger partial charge in [0, 0.05) is 6.42 Å². The number of ketones is 1. The van der Waals surface area contributed by atoms with Gasteiger partial charge < -0.3 is 0 Å². The highest BCUT2D eigenvalue weighted by atomic mass is 16.1. The van der Waals surface area contributed by atoms with E-state index < -0.39 is 5.92 Å². The Kier molecular flexibility index (Phi) is 4.13. The number of nitrogens with zero attached hydrogens (tertiary/aromatic N) is 1. The Morgan fingerprint density at radius 1 is 1.38 bits per heavy atom. The average Bonchev–Trinajstić information content (AvgIpc) is 2.01. The predicted octanol–water partition coefficient (Wildman–Crippen LogP) is 2.79. The van der Waals surface area contributed by atoms with E-state index in [9.17, 15) is 4.79 Å². The molecule has 0 aliphatic carbocycles. The van der Waals surface area contributed by atoms with Gasteiger partial charge in [-0.2, -0.15) is 5.26 Å². The third kappa shape index (κ3) is 4.07. The van der Waals surface area contributed by atoms with E-state index in [1.807, 2.05) is 6.07 Å². The van der Waals surface area contributed by atoms with Crippen LogP contribution in [0.15, 0.2) is 0 Å². The zero-order valence-corrected chi connectivity index (χ0v) is 9.22. The van der Waals surface area contributed by atoms with Crippen LogP contribution in [0.5, 0.6) is 0 Å². The number of carbonyl (C=O) groups excluding carboxylic acids is 1. The minimum absolute atomic E-state index is 0.0601. The van der Waals surface area contributed by atoms with Crippen molar-refractivity contribution in [2.45, 2.75) is 41.0 Å². The first-order valence-corrected chi connectivity index (χ1v) is 4.71. The molecule has 0 saturated heterocycles. The Morgan fingerprint density at radius 3 is 2.15 bits per heavy atom. The predicted molar refractivity (Wildman–Crippen MR) is 53.0 cm³/mol. The summed E-state index contributed by atoms with van der Waals surface area (Å²) in [6, 6.07) is 1.97. The van der Waals surface area contributed by atoms with E-state index in [-0.39, 0.29) is 11.2 Å². The molecule has 13 heavy (non-hydrogen) atoms. The van der Waals surface area contributed by atoms with Crippen molar-refractivity contribution >= 4 is 5.78 Å². The Morgan fingerprint density at radius 2 is 1.85 bits per heavy atom. The number of hydrogen-bond donors (Lipinski definition) is 0. The number of nitriles is 1. The van der Waals surface area contributed by atoms with Gasteiger partial charge in [-0.3, -0.25) is 4.79 Å². The molecular weight excluding hydrogens is 162 g/mol. The van der Waals surface area contributed by atoms with Gasteiger partial charge in [0.25, 0.3) is 0 Å². The smallest absolute Gasteiger partial charge is 0.149 e. The summed E-state index contributed by atoms with van der Waals surface area (Å²) >= 11 is 0. The Labute approximate surface area is 80.9 Å². The van der Waals surface area contributed by atoms with Crippen LogP contribution in [0.3, 0.4) is 0 Å². The minimum atomic E-state index is -0.454. The van der Waals surface area contributed by atoms with Crippen LogP contribution >= 0.6 is 0 Å². The average molecular weight is 181 g/mol. The molecule has 0 aliphatic heterocycles. The fourth-order valence-electron chi connectivity index (χ4n) is 0.857. The van der Waals surface area contributed by atoms with Crippen LogP contribution in [0.4, 0.5) is 0 Å². The normalized spacial score (nSPS) is 16.0. The lowest BCUT2D eigenvalue weighted by atomic mass is 9.78. The molecule has 2 atom stereocenters. The summed E-state index contributed by atoms with van der Waals surface area (Å²) in [7, 11) is 0. The fourth-order valence-corrected chi connectivity index (χ4v) is 0.857. The maximum atomic E-state index is 11.4. The van der Waals surface area contributed by atoms with E-state index in [1.165, 1.54) is 0 Å². The van der Waals surface area contributed by atoms with Crippen molar-refractivity contribution in [3.63, 3.8) is 0 Å². The zero-order chi connectivity index (χ0) is 10.6. The second-order valence-electron chi connectivity index (χ2n) is 4.79. The molecule has 0 aromatic rings. The summed E-state index contributed by atoms with van der Waals surface area (Å²) < 4.78 is 0. The summed E-state index contributed by atoms with van der Waals surface area (Å²) in [4.78, 5) is 11.4. The highest BCUT2D eigenvalue weighted by Gasteiger charge is 2.24. The number of rotatable bonds is 3. The van der Waals surface area contributed by atoms with E-state index in [4.69, 9.17) is 5.26 Å². The number of Topliss-reactive ketones (excluding diaryl/α,β-unsaturated/α-hetero) is 1. The van der Waals surface area contributed by atoms with Gasteiger partial charge in [-0.15, -0.1) is 0 Å².